The summed E-state index contributed by atoms with van der Waals surface area (Å²) in [6.45, 7) is 0.697. The lowest BCUT2D eigenvalue weighted by Crippen LogP contribution is -2.41. The van der Waals surface area contributed by atoms with Gasteiger partial charge in [0, 0.05) is 11.8 Å². The molecule has 1 aromatic rings. The topological polar surface area (TPSA) is 44.8 Å². The standard InChI is InChI=1S/C18H21BrO4/c1-21-13-4-2-12(3-5-13)16-11-23-17-10-14(22-9-8-19)6-7-15(17)18(16)20/h2-5,11,14-15,17H,6-10H2,1H3. The van der Waals surface area contributed by atoms with E-state index in [1.807, 2.05) is 24.3 Å². The van der Waals surface area contributed by atoms with Crippen LogP contribution in [0, 0.1) is 5.92 Å². The molecule has 0 aromatic heterocycles. The first kappa shape index (κ1) is 16.5. The lowest BCUT2D eigenvalue weighted by atomic mass is 9.78. The third-order valence-electron chi connectivity index (χ3n) is 4.54. The van der Waals surface area contributed by atoms with E-state index in [1.165, 1.54) is 0 Å². The van der Waals surface area contributed by atoms with Gasteiger partial charge in [-0.1, -0.05) is 28.1 Å². The van der Waals surface area contributed by atoms with Crippen LogP contribution in [0.15, 0.2) is 30.5 Å². The number of carbonyl (C=O) groups is 1. The van der Waals surface area contributed by atoms with Crippen LogP contribution in [0.3, 0.4) is 0 Å². The minimum absolute atomic E-state index is 0.0547. The predicted octanol–water partition coefficient (Wildman–Crippen LogP) is 3.58. The molecule has 1 aromatic carbocycles. The Bertz CT molecular complexity index is 581. The van der Waals surface area contributed by atoms with E-state index in [0.29, 0.717) is 12.2 Å². The van der Waals surface area contributed by atoms with Crippen LogP contribution in [-0.4, -0.2) is 37.0 Å². The van der Waals surface area contributed by atoms with Gasteiger partial charge in [0.15, 0.2) is 5.78 Å². The zero-order valence-corrected chi connectivity index (χ0v) is 14.8. The van der Waals surface area contributed by atoms with Gasteiger partial charge in [0.05, 0.1) is 37.6 Å². The zero-order valence-electron chi connectivity index (χ0n) is 13.2. The Hall–Kier alpha value is -1.33. The number of benzene rings is 1. The molecule has 0 radical (unpaired) electrons. The minimum atomic E-state index is -0.0569. The second kappa shape index (κ2) is 7.49. The lowest BCUT2D eigenvalue weighted by molar-refractivity contribution is -0.127. The molecule has 0 saturated heterocycles. The fourth-order valence-electron chi connectivity index (χ4n) is 3.30. The summed E-state index contributed by atoms with van der Waals surface area (Å²) in [6, 6.07) is 7.52. The summed E-state index contributed by atoms with van der Waals surface area (Å²) < 4.78 is 16.8. The van der Waals surface area contributed by atoms with Crippen LogP contribution in [0.4, 0.5) is 0 Å². The summed E-state index contributed by atoms with van der Waals surface area (Å²) in [4.78, 5) is 12.8. The molecule has 3 rings (SSSR count). The van der Waals surface area contributed by atoms with Crippen molar-refractivity contribution in [3.8, 4) is 5.75 Å². The van der Waals surface area contributed by atoms with Crippen molar-refractivity contribution in [2.45, 2.75) is 31.5 Å². The predicted molar refractivity (Wildman–Crippen MR) is 91.7 cm³/mol. The van der Waals surface area contributed by atoms with E-state index in [-0.39, 0.29) is 23.9 Å². The maximum atomic E-state index is 12.8. The number of hydrogen-bond donors (Lipinski definition) is 0. The number of ketones is 1. The number of carbonyl (C=O) groups excluding carboxylic acids is 1. The Morgan fingerprint density at radius 2 is 2.04 bits per heavy atom. The number of rotatable bonds is 5. The van der Waals surface area contributed by atoms with Crippen molar-refractivity contribution < 1.29 is 19.0 Å². The summed E-state index contributed by atoms with van der Waals surface area (Å²) in [6.07, 6.45) is 4.29. The van der Waals surface area contributed by atoms with Crippen molar-refractivity contribution in [1.29, 1.82) is 0 Å². The number of fused-ring (bicyclic) bond motifs is 1. The molecule has 1 aliphatic carbocycles. The van der Waals surface area contributed by atoms with Gasteiger partial charge in [-0.25, -0.2) is 0 Å². The van der Waals surface area contributed by atoms with Crippen LogP contribution < -0.4 is 4.74 Å². The number of hydrogen-bond acceptors (Lipinski definition) is 4. The lowest BCUT2D eigenvalue weighted by Gasteiger charge is -2.37. The second-order valence-corrected chi connectivity index (χ2v) is 6.69. The van der Waals surface area contributed by atoms with E-state index >= 15 is 0 Å². The van der Waals surface area contributed by atoms with Gasteiger partial charge in [0.1, 0.15) is 11.9 Å². The number of halogens is 1. The summed E-state index contributed by atoms with van der Waals surface area (Å²) >= 11 is 3.37. The van der Waals surface area contributed by atoms with Crippen molar-refractivity contribution in [2.24, 2.45) is 5.92 Å². The van der Waals surface area contributed by atoms with E-state index in [9.17, 15) is 4.79 Å². The van der Waals surface area contributed by atoms with E-state index in [0.717, 1.165) is 35.9 Å². The molecule has 1 heterocycles. The third kappa shape index (κ3) is 3.61. The van der Waals surface area contributed by atoms with Gasteiger partial charge >= 0.3 is 0 Å². The quantitative estimate of drug-likeness (QED) is 0.732. The van der Waals surface area contributed by atoms with Gasteiger partial charge < -0.3 is 14.2 Å². The summed E-state index contributed by atoms with van der Waals surface area (Å²) in [5.74, 6) is 0.909. The molecule has 3 atom stereocenters. The fraction of sp³-hybridized carbons (Fsp3) is 0.500. The van der Waals surface area contributed by atoms with Crippen molar-refractivity contribution in [3.63, 3.8) is 0 Å². The van der Waals surface area contributed by atoms with Crippen LogP contribution in [0.25, 0.3) is 5.57 Å². The molecular weight excluding hydrogens is 360 g/mol. The monoisotopic (exact) mass is 380 g/mol. The molecule has 0 N–H and O–H groups in total. The summed E-state index contributed by atoms with van der Waals surface area (Å²) in [7, 11) is 1.63. The van der Waals surface area contributed by atoms with Crippen molar-refractivity contribution in [1.82, 2.24) is 0 Å². The molecule has 1 saturated carbocycles. The number of Topliss-reactive ketones (excluding diaryl/α,β-unsaturated/α-hetero) is 1. The Morgan fingerprint density at radius 3 is 2.74 bits per heavy atom. The molecule has 1 fully saturated rings. The fourth-order valence-corrected chi connectivity index (χ4v) is 3.49. The first-order valence-corrected chi connectivity index (χ1v) is 9.07. The molecule has 4 nitrogen and oxygen atoms in total. The molecule has 0 spiro atoms. The smallest absolute Gasteiger partial charge is 0.173 e. The van der Waals surface area contributed by atoms with Gasteiger partial charge in [-0.3, -0.25) is 4.79 Å². The molecule has 0 bridgehead atoms. The highest BCUT2D eigenvalue weighted by Gasteiger charge is 2.40. The third-order valence-corrected chi connectivity index (χ3v) is 4.86. The Labute approximate surface area is 144 Å². The number of alkyl halides is 1. The van der Waals surface area contributed by atoms with Gasteiger partial charge in [-0.05, 0) is 30.5 Å². The van der Waals surface area contributed by atoms with E-state index in [1.54, 1.807) is 13.4 Å². The van der Waals surface area contributed by atoms with Gasteiger partial charge in [-0.2, -0.15) is 0 Å². The maximum absolute atomic E-state index is 12.8. The zero-order chi connectivity index (χ0) is 16.2. The van der Waals surface area contributed by atoms with Crippen LogP contribution >= 0.6 is 15.9 Å². The van der Waals surface area contributed by atoms with Crippen molar-refractivity contribution >= 4 is 27.3 Å². The molecule has 2 aliphatic rings. The molecule has 3 unspecified atom stereocenters. The molecule has 5 heteroatoms. The SMILES string of the molecule is COc1ccc(C2=COC3CC(OCCBr)CCC3C2=O)cc1. The second-order valence-electron chi connectivity index (χ2n) is 5.90. The van der Waals surface area contributed by atoms with Gasteiger partial charge in [-0.15, -0.1) is 0 Å². The highest BCUT2D eigenvalue weighted by atomic mass is 79.9. The highest BCUT2D eigenvalue weighted by Crippen LogP contribution is 2.37. The van der Waals surface area contributed by atoms with Crippen molar-refractivity contribution in [3.05, 3.63) is 36.1 Å². The van der Waals surface area contributed by atoms with Crippen LogP contribution in [0.5, 0.6) is 5.75 Å². The average Bonchev–Trinajstić information content (AvgIpc) is 2.60. The van der Waals surface area contributed by atoms with Crippen LogP contribution in [0.2, 0.25) is 0 Å². The highest BCUT2D eigenvalue weighted by molar-refractivity contribution is 9.09. The van der Waals surface area contributed by atoms with Crippen LogP contribution in [-0.2, 0) is 14.3 Å². The Morgan fingerprint density at radius 1 is 1.26 bits per heavy atom. The molecule has 1 aliphatic heterocycles. The first-order valence-electron chi connectivity index (χ1n) is 7.94. The van der Waals surface area contributed by atoms with Crippen molar-refractivity contribution in [2.75, 3.05) is 19.0 Å². The molecular formula is C18H21BrO4. The van der Waals surface area contributed by atoms with E-state index in [4.69, 9.17) is 14.2 Å². The minimum Gasteiger partial charge on any atom is -0.497 e. The number of ether oxygens (including phenoxy) is 3. The molecule has 0 amide bonds. The van der Waals surface area contributed by atoms with E-state index < -0.39 is 0 Å². The Balaban J connectivity index is 1.71. The van der Waals surface area contributed by atoms with Gasteiger partial charge in [0.25, 0.3) is 0 Å². The van der Waals surface area contributed by atoms with E-state index in [2.05, 4.69) is 15.9 Å². The average molecular weight is 381 g/mol. The van der Waals surface area contributed by atoms with Gasteiger partial charge in [0.2, 0.25) is 0 Å². The normalized spacial score (nSPS) is 27.0. The summed E-state index contributed by atoms with van der Waals surface area (Å²) in [5, 5.41) is 0.832. The molecule has 124 valence electrons. The number of methoxy groups -OCH3 is 1. The Kier molecular flexibility index (Phi) is 5.38. The molecule has 23 heavy (non-hydrogen) atoms. The first-order chi connectivity index (χ1) is 11.2. The largest absolute Gasteiger partial charge is 0.497 e. The van der Waals surface area contributed by atoms with Crippen LogP contribution in [0.1, 0.15) is 24.8 Å². The summed E-state index contributed by atoms with van der Waals surface area (Å²) in [5.41, 5.74) is 1.54. The maximum Gasteiger partial charge on any atom is 0.173 e. The number of allylic oxidation sites excluding steroid dienone is 1.